The number of halogens is 4. The fourth-order valence-corrected chi connectivity index (χ4v) is 1.72. The number of nitrogens with zero attached hydrogens (tertiary/aromatic N) is 2. The minimum Gasteiger partial charge on any atom is -0.433 e. The van der Waals surface area contributed by atoms with Gasteiger partial charge in [0.05, 0.1) is 13.0 Å². The number of alkyl halides is 4. The van der Waals surface area contributed by atoms with Gasteiger partial charge in [0, 0.05) is 25.4 Å². The van der Waals surface area contributed by atoms with Crippen molar-refractivity contribution in [2.45, 2.75) is 19.1 Å². The zero-order valence-electron chi connectivity index (χ0n) is 11.3. The molecule has 1 aromatic rings. The summed E-state index contributed by atoms with van der Waals surface area (Å²) in [5.74, 6) is 0.480. The molecule has 21 heavy (non-hydrogen) atoms. The lowest BCUT2D eigenvalue weighted by Crippen LogP contribution is -2.34. The molecule has 0 aromatic carbocycles. The maximum absolute atomic E-state index is 12.3. The summed E-state index contributed by atoms with van der Waals surface area (Å²) in [5, 5.41) is 2.81. The Hall–Kier alpha value is -1.70. The van der Waals surface area contributed by atoms with Crippen LogP contribution in [0.3, 0.4) is 0 Å². The highest BCUT2D eigenvalue weighted by Crippen LogP contribution is 2.21. The van der Waals surface area contributed by atoms with E-state index < -0.39 is 31.3 Å². The summed E-state index contributed by atoms with van der Waals surface area (Å²) in [7, 11) is 1.63. The van der Waals surface area contributed by atoms with Crippen LogP contribution < -0.4 is 5.32 Å². The Morgan fingerprint density at radius 1 is 1.52 bits per heavy atom. The van der Waals surface area contributed by atoms with E-state index in [1.807, 2.05) is 0 Å². The van der Waals surface area contributed by atoms with E-state index in [1.54, 1.807) is 19.2 Å². The first-order valence-corrected chi connectivity index (χ1v) is 6.57. The number of aromatic nitrogens is 1. The van der Waals surface area contributed by atoms with Crippen LogP contribution in [0.1, 0.15) is 12.0 Å². The summed E-state index contributed by atoms with van der Waals surface area (Å²) >= 11 is 5.28. The van der Waals surface area contributed by atoms with E-state index >= 15 is 0 Å². The van der Waals surface area contributed by atoms with Crippen molar-refractivity contribution in [1.82, 2.24) is 9.88 Å². The summed E-state index contributed by atoms with van der Waals surface area (Å²) in [6.45, 7) is -0.576. The Morgan fingerprint density at radius 3 is 2.81 bits per heavy atom. The summed E-state index contributed by atoms with van der Waals surface area (Å²) in [4.78, 5) is 16.6. The second-order valence-corrected chi connectivity index (χ2v) is 4.29. The molecule has 1 N–H and O–H groups in total. The third-order valence-corrected chi connectivity index (χ3v) is 2.70. The number of carbonyl (C=O) groups excluding carboxylic acids is 1. The molecule has 0 saturated carbocycles. The van der Waals surface area contributed by atoms with Crippen LogP contribution in [0.25, 0.3) is 0 Å². The summed E-state index contributed by atoms with van der Waals surface area (Å²) in [6.07, 6.45) is -4.85. The van der Waals surface area contributed by atoms with Gasteiger partial charge in [-0.05, 0) is 6.07 Å². The van der Waals surface area contributed by atoms with Crippen LogP contribution in [0, 0.1) is 0 Å². The van der Waals surface area contributed by atoms with Gasteiger partial charge in [-0.15, -0.1) is 0 Å². The Balaban J connectivity index is 2.83. The third-order valence-electron chi connectivity index (χ3n) is 2.59. The van der Waals surface area contributed by atoms with E-state index in [2.05, 4.69) is 15.0 Å². The van der Waals surface area contributed by atoms with E-state index in [1.165, 1.54) is 6.20 Å². The molecular weight excluding hydrogens is 311 g/mol. The molecule has 0 atom stereocenters. The standard InChI is InChI=1S/C12H15ClF3N3O2/c1-17-10-9(3-2-5-18-10)7-19(11(20)21-8-13)6-4-12(14,15)16/h2-3,5H,4,6-8H2,1H3,(H,17,18). The van der Waals surface area contributed by atoms with Crippen LogP contribution >= 0.6 is 11.6 Å². The number of carbonyl (C=O) groups is 1. The first kappa shape index (κ1) is 17.4. The average molecular weight is 326 g/mol. The van der Waals surface area contributed by atoms with Crippen LogP contribution in [0.2, 0.25) is 0 Å². The SMILES string of the molecule is CNc1ncccc1CN(CCC(F)(F)F)C(=O)OCCl. The molecule has 1 amide bonds. The van der Waals surface area contributed by atoms with Gasteiger partial charge >= 0.3 is 12.3 Å². The monoisotopic (exact) mass is 325 g/mol. The highest BCUT2D eigenvalue weighted by atomic mass is 35.5. The maximum atomic E-state index is 12.3. The summed E-state index contributed by atoms with van der Waals surface area (Å²) < 4.78 is 41.5. The van der Waals surface area contributed by atoms with Gasteiger partial charge in [0.1, 0.15) is 5.82 Å². The first-order chi connectivity index (χ1) is 9.87. The molecule has 0 radical (unpaired) electrons. The van der Waals surface area contributed by atoms with Crippen molar-refractivity contribution in [3.8, 4) is 0 Å². The zero-order valence-corrected chi connectivity index (χ0v) is 12.0. The molecule has 0 fully saturated rings. The van der Waals surface area contributed by atoms with Crippen LogP contribution in [0.5, 0.6) is 0 Å². The third kappa shape index (κ3) is 6.07. The molecule has 1 aromatic heterocycles. The lowest BCUT2D eigenvalue weighted by Gasteiger charge is -2.23. The molecule has 0 aliphatic heterocycles. The average Bonchev–Trinajstić information content (AvgIpc) is 2.43. The topological polar surface area (TPSA) is 54.5 Å². The molecule has 5 nitrogen and oxygen atoms in total. The van der Waals surface area contributed by atoms with Crippen LogP contribution in [-0.2, 0) is 11.3 Å². The number of hydrogen-bond acceptors (Lipinski definition) is 4. The lowest BCUT2D eigenvalue weighted by molar-refractivity contribution is -0.137. The van der Waals surface area contributed by atoms with Gasteiger partial charge in [-0.25, -0.2) is 9.78 Å². The van der Waals surface area contributed by atoms with E-state index in [-0.39, 0.29) is 6.54 Å². The maximum Gasteiger partial charge on any atom is 0.411 e. The molecule has 0 unspecified atom stereocenters. The van der Waals surface area contributed by atoms with E-state index in [0.29, 0.717) is 11.4 Å². The van der Waals surface area contributed by atoms with Crippen molar-refractivity contribution in [1.29, 1.82) is 0 Å². The number of nitrogens with one attached hydrogen (secondary N) is 1. The molecule has 0 saturated heterocycles. The molecule has 0 bridgehead atoms. The minimum atomic E-state index is -4.36. The van der Waals surface area contributed by atoms with Gasteiger partial charge in [-0.3, -0.25) is 0 Å². The quantitative estimate of drug-likeness (QED) is 0.816. The van der Waals surface area contributed by atoms with Crippen molar-refractivity contribution >= 4 is 23.5 Å². The van der Waals surface area contributed by atoms with Crippen molar-refractivity contribution in [3.05, 3.63) is 23.9 Å². The predicted molar refractivity (Wildman–Crippen MR) is 72.1 cm³/mol. The van der Waals surface area contributed by atoms with Gasteiger partial charge < -0.3 is 15.0 Å². The Labute approximate surface area is 125 Å². The number of amides is 1. The minimum absolute atomic E-state index is 0.0597. The molecule has 118 valence electrons. The number of rotatable bonds is 6. The highest BCUT2D eigenvalue weighted by Gasteiger charge is 2.29. The van der Waals surface area contributed by atoms with Crippen molar-refractivity contribution in [3.63, 3.8) is 0 Å². The second-order valence-electron chi connectivity index (χ2n) is 4.07. The number of pyridine rings is 1. The van der Waals surface area contributed by atoms with Gasteiger partial charge in [0.15, 0.2) is 6.07 Å². The van der Waals surface area contributed by atoms with Crippen LogP contribution in [-0.4, -0.2) is 41.8 Å². The van der Waals surface area contributed by atoms with Gasteiger partial charge in [-0.1, -0.05) is 17.7 Å². The summed E-state index contributed by atoms with van der Waals surface area (Å²) in [6, 6.07) is 2.87. The van der Waals surface area contributed by atoms with E-state index in [9.17, 15) is 18.0 Å². The lowest BCUT2D eigenvalue weighted by atomic mass is 10.2. The molecule has 1 heterocycles. The van der Waals surface area contributed by atoms with Gasteiger partial charge in [0.2, 0.25) is 0 Å². The predicted octanol–water partition coefficient (Wildman–Crippen LogP) is 3.21. The second kappa shape index (κ2) is 7.92. The number of ether oxygens (including phenoxy) is 1. The number of anilines is 1. The molecular formula is C12H15ClF3N3O2. The normalized spacial score (nSPS) is 11.1. The first-order valence-electron chi connectivity index (χ1n) is 6.03. The molecule has 0 aliphatic carbocycles. The highest BCUT2D eigenvalue weighted by molar-refractivity contribution is 6.17. The van der Waals surface area contributed by atoms with Crippen LogP contribution in [0.15, 0.2) is 18.3 Å². The molecule has 0 aliphatic rings. The van der Waals surface area contributed by atoms with E-state index in [4.69, 9.17) is 11.6 Å². The smallest absolute Gasteiger partial charge is 0.411 e. The molecule has 9 heteroatoms. The zero-order chi connectivity index (χ0) is 15.9. The Kier molecular flexibility index (Phi) is 6.54. The van der Waals surface area contributed by atoms with Crippen LogP contribution in [0.4, 0.5) is 23.8 Å². The fraction of sp³-hybridized carbons (Fsp3) is 0.500. The largest absolute Gasteiger partial charge is 0.433 e. The van der Waals surface area contributed by atoms with Crippen molar-refractivity contribution in [2.75, 3.05) is 25.0 Å². The number of hydrogen-bond donors (Lipinski definition) is 1. The van der Waals surface area contributed by atoms with Crippen molar-refractivity contribution in [2.24, 2.45) is 0 Å². The Bertz CT molecular complexity index is 471. The molecule has 1 rings (SSSR count). The Morgan fingerprint density at radius 2 is 2.24 bits per heavy atom. The van der Waals surface area contributed by atoms with Crippen molar-refractivity contribution < 1.29 is 22.7 Å². The summed E-state index contributed by atoms with van der Waals surface area (Å²) in [5.41, 5.74) is 0.577. The van der Waals surface area contributed by atoms with Gasteiger partial charge in [0.25, 0.3) is 0 Å². The fourth-order valence-electron chi connectivity index (χ4n) is 1.63. The van der Waals surface area contributed by atoms with E-state index in [0.717, 1.165) is 4.90 Å². The van der Waals surface area contributed by atoms with Gasteiger partial charge in [-0.2, -0.15) is 13.2 Å². The molecule has 0 spiro atoms.